The van der Waals surface area contributed by atoms with E-state index in [4.69, 9.17) is 9.47 Å². The van der Waals surface area contributed by atoms with E-state index in [1.54, 1.807) is 13.8 Å². The van der Waals surface area contributed by atoms with E-state index < -0.39 is 24.0 Å². The lowest BCUT2D eigenvalue weighted by Crippen LogP contribution is -2.47. The highest BCUT2D eigenvalue weighted by atomic mass is 16.6. The third kappa shape index (κ3) is 4.16. The molecule has 0 aromatic carbocycles. The smallest absolute Gasteiger partial charge is 0.325 e. The van der Waals surface area contributed by atoms with Crippen LogP contribution in [0.5, 0.6) is 0 Å². The summed E-state index contributed by atoms with van der Waals surface area (Å²) in [4.78, 5) is 22.6. The highest BCUT2D eigenvalue weighted by molar-refractivity contribution is 5.78. The van der Waals surface area contributed by atoms with Crippen molar-refractivity contribution in [3.63, 3.8) is 0 Å². The van der Waals surface area contributed by atoms with Gasteiger partial charge in [-0.15, -0.1) is 0 Å². The summed E-state index contributed by atoms with van der Waals surface area (Å²) in [6.45, 7) is 6.69. The topological polar surface area (TPSA) is 76.1 Å². The molecule has 1 N–H and O–H groups in total. The largest absolute Gasteiger partial charge is 0.465 e. The first kappa shape index (κ1) is 14.9. The Morgan fingerprint density at radius 2 is 1.38 bits per heavy atom. The van der Waals surface area contributed by atoms with Crippen LogP contribution in [0.3, 0.4) is 0 Å². The van der Waals surface area contributed by atoms with Gasteiger partial charge < -0.3 is 14.7 Å². The van der Waals surface area contributed by atoms with E-state index in [-0.39, 0.29) is 13.2 Å². The van der Waals surface area contributed by atoms with Gasteiger partial charge in [0.2, 0.25) is 0 Å². The molecule has 0 aliphatic heterocycles. The van der Waals surface area contributed by atoms with Crippen molar-refractivity contribution in [1.29, 1.82) is 0 Å². The molecule has 6 nitrogen and oxygen atoms in total. The molecule has 94 valence electrons. The molecule has 0 heterocycles. The van der Waals surface area contributed by atoms with Crippen LogP contribution >= 0.6 is 0 Å². The van der Waals surface area contributed by atoms with E-state index in [1.165, 1.54) is 13.8 Å². The van der Waals surface area contributed by atoms with Crippen molar-refractivity contribution in [1.82, 2.24) is 5.06 Å². The molecule has 0 saturated carbocycles. The fourth-order valence-corrected chi connectivity index (χ4v) is 1.08. The van der Waals surface area contributed by atoms with Crippen molar-refractivity contribution >= 4 is 11.9 Å². The van der Waals surface area contributed by atoms with Gasteiger partial charge in [-0.3, -0.25) is 9.59 Å². The summed E-state index contributed by atoms with van der Waals surface area (Å²) in [5.74, 6) is -1.16. The molecule has 0 aliphatic rings. The third-order valence-corrected chi connectivity index (χ3v) is 2.05. The van der Waals surface area contributed by atoms with E-state index in [0.29, 0.717) is 5.06 Å². The van der Waals surface area contributed by atoms with E-state index in [0.717, 1.165) is 0 Å². The maximum absolute atomic E-state index is 11.3. The second-order valence-electron chi connectivity index (χ2n) is 3.24. The Morgan fingerprint density at radius 3 is 1.62 bits per heavy atom. The highest BCUT2D eigenvalue weighted by Gasteiger charge is 2.30. The van der Waals surface area contributed by atoms with Gasteiger partial charge in [0.25, 0.3) is 0 Å². The quantitative estimate of drug-likeness (QED) is 0.534. The van der Waals surface area contributed by atoms with Crippen LogP contribution in [0.2, 0.25) is 0 Å². The minimum atomic E-state index is -0.903. The molecule has 0 radical (unpaired) electrons. The minimum absolute atomic E-state index is 0.227. The molecule has 0 fully saturated rings. The second-order valence-corrected chi connectivity index (χ2v) is 3.24. The van der Waals surface area contributed by atoms with Crippen LogP contribution in [0.4, 0.5) is 0 Å². The number of carbonyl (C=O) groups excluding carboxylic acids is 2. The lowest BCUT2D eigenvalue weighted by atomic mass is 10.2. The molecule has 0 rings (SSSR count). The fraction of sp³-hybridized carbons (Fsp3) is 0.800. The number of carbonyl (C=O) groups is 2. The third-order valence-electron chi connectivity index (χ3n) is 2.05. The van der Waals surface area contributed by atoms with Crippen LogP contribution in [0.1, 0.15) is 27.7 Å². The van der Waals surface area contributed by atoms with E-state index in [9.17, 15) is 14.8 Å². The van der Waals surface area contributed by atoms with Crippen LogP contribution < -0.4 is 0 Å². The van der Waals surface area contributed by atoms with Crippen LogP contribution in [-0.4, -0.2) is 47.5 Å². The number of nitrogens with zero attached hydrogens (tertiary/aromatic N) is 1. The number of ether oxygens (including phenoxy) is 2. The van der Waals surface area contributed by atoms with Gasteiger partial charge in [0.1, 0.15) is 12.1 Å². The molecule has 2 atom stereocenters. The van der Waals surface area contributed by atoms with E-state index >= 15 is 0 Å². The molecule has 16 heavy (non-hydrogen) atoms. The molecule has 0 bridgehead atoms. The van der Waals surface area contributed by atoms with Gasteiger partial charge >= 0.3 is 11.9 Å². The van der Waals surface area contributed by atoms with Crippen LogP contribution in [0, 0.1) is 0 Å². The predicted molar refractivity (Wildman–Crippen MR) is 55.8 cm³/mol. The molecule has 6 heteroatoms. The fourth-order valence-electron chi connectivity index (χ4n) is 1.08. The second kappa shape index (κ2) is 7.19. The average Bonchev–Trinajstić information content (AvgIpc) is 2.26. The Kier molecular flexibility index (Phi) is 6.67. The summed E-state index contributed by atoms with van der Waals surface area (Å²) >= 11 is 0. The van der Waals surface area contributed by atoms with E-state index in [1.807, 2.05) is 0 Å². The Hall–Kier alpha value is -1.14. The zero-order valence-electron chi connectivity index (χ0n) is 10.1. The maximum atomic E-state index is 11.3. The van der Waals surface area contributed by atoms with Crippen LogP contribution in [0.25, 0.3) is 0 Å². The van der Waals surface area contributed by atoms with Crippen molar-refractivity contribution in [2.75, 3.05) is 13.2 Å². The summed E-state index contributed by atoms with van der Waals surface area (Å²) in [5, 5.41) is 10.2. The monoisotopic (exact) mass is 233 g/mol. The van der Waals surface area contributed by atoms with Gasteiger partial charge in [0.05, 0.1) is 13.2 Å². The molecule has 2 unspecified atom stereocenters. The SMILES string of the molecule is CCOC(=O)C(C)N(O)C(C)C(=O)OCC. The summed E-state index contributed by atoms with van der Waals surface area (Å²) in [6, 6.07) is -1.81. The molecule has 0 spiro atoms. The normalized spacial score (nSPS) is 14.4. The van der Waals surface area contributed by atoms with E-state index in [2.05, 4.69) is 0 Å². The van der Waals surface area contributed by atoms with Crippen LogP contribution in [-0.2, 0) is 19.1 Å². The highest BCUT2D eigenvalue weighted by Crippen LogP contribution is 2.05. The number of esters is 2. The molecular formula is C10H19NO5. The first-order valence-corrected chi connectivity index (χ1v) is 5.26. The van der Waals surface area contributed by atoms with Crippen molar-refractivity contribution in [3.05, 3.63) is 0 Å². The molecule has 0 amide bonds. The van der Waals surface area contributed by atoms with Crippen molar-refractivity contribution < 1.29 is 24.3 Å². The van der Waals surface area contributed by atoms with Gasteiger partial charge in [-0.25, -0.2) is 0 Å². The number of hydrogen-bond donors (Lipinski definition) is 1. The van der Waals surface area contributed by atoms with Gasteiger partial charge in [-0.2, -0.15) is 5.06 Å². The zero-order valence-corrected chi connectivity index (χ0v) is 10.1. The van der Waals surface area contributed by atoms with Crippen molar-refractivity contribution in [2.45, 2.75) is 39.8 Å². The number of hydroxylamine groups is 2. The first-order chi connectivity index (χ1) is 7.45. The molecule has 0 aromatic rings. The Bertz CT molecular complexity index is 219. The standard InChI is InChI=1S/C10H19NO5/c1-5-15-9(12)7(3)11(14)8(4)10(13)16-6-2/h7-8,14H,5-6H2,1-4H3. The van der Waals surface area contributed by atoms with Crippen molar-refractivity contribution in [3.8, 4) is 0 Å². The minimum Gasteiger partial charge on any atom is -0.465 e. The Morgan fingerprint density at radius 1 is 1.06 bits per heavy atom. The summed E-state index contributed by atoms with van der Waals surface area (Å²) < 4.78 is 9.44. The maximum Gasteiger partial charge on any atom is 0.325 e. The molecule has 0 aliphatic carbocycles. The Labute approximate surface area is 95.1 Å². The predicted octanol–water partition coefficient (Wildman–Crippen LogP) is 0.581. The number of hydrogen-bond acceptors (Lipinski definition) is 6. The van der Waals surface area contributed by atoms with Gasteiger partial charge in [0, 0.05) is 0 Å². The lowest BCUT2D eigenvalue weighted by Gasteiger charge is -2.25. The zero-order chi connectivity index (χ0) is 12.7. The summed E-state index contributed by atoms with van der Waals surface area (Å²) in [5.41, 5.74) is 0. The Balaban J connectivity index is 4.36. The molecule has 0 aromatic heterocycles. The lowest BCUT2D eigenvalue weighted by molar-refractivity contribution is -0.194. The van der Waals surface area contributed by atoms with Gasteiger partial charge in [-0.1, -0.05) is 0 Å². The molecular weight excluding hydrogens is 214 g/mol. The number of rotatable bonds is 6. The summed E-state index contributed by atoms with van der Waals surface area (Å²) in [7, 11) is 0. The van der Waals surface area contributed by atoms with Gasteiger partial charge in [-0.05, 0) is 27.7 Å². The average molecular weight is 233 g/mol. The first-order valence-electron chi connectivity index (χ1n) is 5.26. The summed E-state index contributed by atoms with van der Waals surface area (Å²) in [6.07, 6.45) is 0. The van der Waals surface area contributed by atoms with Gasteiger partial charge in [0.15, 0.2) is 0 Å². The van der Waals surface area contributed by atoms with Crippen molar-refractivity contribution in [2.24, 2.45) is 0 Å². The molecule has 0 saturated heterocycles. The van der Waals surface area contributed by atoms with Crippen LogP contribution in [0.15, 0.2) is 0 Å².